The summed E-state index contributed by atoms with van der Waals surface area (Å²) in [5.74, 6) is 0.784. The number of aryl methyl sites for hydroxylation is 1. The van der Waals surface area contributed by atoms with Crippen molar-refractivity contribution in [2.45, 2.75) is 19.8 Å². The minimum atomic E-state index is -0.189. The van der Waals surface area contributed by atoms with Crippen LogP contribution in [0.4, 0.5) is 11.5 Å². The summed E-state index contributed by atoms with van der Waals surface area (Å²) in [6, 6.07) is 7.11. The molecule has 10 heteroatoms. The maximum Gasteiger partial charge on any atom is 0.222 e. The highest BCUT2D eigenvalue weighted by Gasteiger charge is 2.33. The summed E-state index contributed by atoms with van der Waals surface area (Å²) in [6.07, 6.45) is 3.17. The Morgan fingerprint density at radius 2 is 2.10 bits per heavy atom. The van der Waals surface area contributed by atoms with Crippen LogP contribution in [0.5, 0.6) is 0 Å². The number of pyridine rings is 1. The molecular formula is C19H17Cl2N7O. The number of hydrogen-bond acceptors (Lipinski definition) is 6. The van der Waals surface area contributed by atoms with Crippen molar-refractivity contribution in [2.24, 2.45) is 5.10 Å². The van der Waals surface area contributed by atoms with E-state index in [-0.39, 0.29) is 11.8 Å². The fraction of sp³-hybridized carbons (Fsp3) is 0.211. The topological polar surface area (TPSA) is 99.2 Å². The SMILES string of the molecule is CC(=O)Nc1cc(N2CC(c3ncn[nH]3)C(c3ccc(Cl)cc3Cl)=N2)c(C)cn1. The standard InChI is InChI=1S/C19H17Cl2N7O/c1-10-7-22-17(25-11(2)29)6-16(10)28-8-14(19-23-9-24-26-19)18(27-28)13-4-3-12(20)5-15(13)21/h3-7,9,14H,8H2,1-2H3,(H,22,25,29)(H,23,24,26). The molecule has 0 spiro atoms. The molecule has 29 heavy (non-hydrogen) atoms. The highest BCUT2D eigenvalue weighted by molar-refractivity contribution is 6.37. The van der Waals surface area contributed by atoms with Crippen LogP contribution in [-0.4, -0.2) is 38.3 Å². The van der Waals surface area contributed by atoms with Crippen LogP contribution in [0, 0.1) is 6.92 Å². The maximum absolute atomic E-state index is 11.4. The first-order valence-electron chi connectivity index (χ1n) is 8.83. The quantitative estimate of drug-likeness (QED) is 0.657. The molecule has 0 saturated heterocycles. The van der Waals surface area contributed by atoms with Crippen LogP contribution in [0.2, 0.25) is 10.0 Å². The van der Waals surface area contributed by atoms with E-state index < -0.39 is 0 Å². The monoisotopic (exact) mass is 429 g/mol. The van der Waals surface area contributed by atoms with Crippen LogP contribution in [0.25, 0.3) is 0 Å². The summed E-state index contributed by atoms with van der Waals surface area (Å²) in [6.45, 7) is 3.90. The van der Waals surface area contributed by atoms with E-state index in [1.807, 2.05) is 18.0 Å². The number of hydrazone groups is 1. The Hall–Kier alpha value is -2.97. The highest BCUT2D eigenvalue weighted by Crippen LogP contribution is 2.35. The predicted molar refractivity (Wildman–Crippen MR) is 113 cm³/mol. The van der Waals surface area contributed by atoms with Crippen molar-refractivity contribution in [3.05, 3.63) is 63.8 Å². The van der Waals surface area contributed by atoms with E-state index in [0.717, 1.165) is 22.5 Å². The van der Waals surface area contributed by atoms with Gasteiger partial charge in [-0.2, -0.15) is 10.2 Å². The van der Waals surface area contributed by atoms with Crippen LogP contribution < -0.4 is 10.3 Å². The number of nitrogens with one attached hydrogen (secondary N) is 2. The summed E-state index contributed by atoms with van der Waals surface area (Å²) in [7, 11) is 0. The van der Waals surface area contributed by atoms with E-state index in [1.54, 1.807) is 24.4 Å². The van der Waals surface area contributed by atoms with Crippen molar-refractivity contribution in [3.8, 4) is 0 Å². The normalized spacial score (nSPS) is 16.1. The lowest BCUT2D eigenvalue weighted by atomic mass is 9.96. The molecule has 0 radical (unpaired) electrons. The summed E-state index contributed by atoms with van der Waals surface area (Å²) in [5, 5.41) is 17.3. The summed E-state index contributed by atoms with van der Waals surface area (Å²) < 4.78 is 0. The Morgan fingerprint density at radius 1 is 1.28 bits per heavy atom. The van der Waals surface area contributed by atoms with Gasteiger partial charge in [0.15, 0.2) is 0 Å². The van der Waals surface area contributed by atoms with Crippen molar-refractivity contribution in [2.75, 3.05) is 16.9 Å². The number of nitrogens with zero attached hydrogens (tertiary/aromatic N) is 5. The fourth-order valence-electron chi connectivity index (χ4n) is 3.23. The largest absolute Gasteiger partial charge is 0.311 e. The molecule has 3 heterocycles. The number of aromatic amines is 1. The first kappa shape index (κ1) is 19.4. The van der Waals surface area contributed by atoms with E-state index >= 15 is 0 Å². The van der Waals surface area contributed by atoms with E-state index in [0.29, 0.717) is 28.2 Å². The molecule has 0 bridgehead atoms. The van der Waals surface area contributed by atoms with Crippen molar-refractivity contribution < 1.29 is 4.79 Å². The van der Waals surface area contributed by atoms with Gasteiger partial charge >= 0.3 is 0 Å². The minimum absolute atomic E-state index is 0.173. The van der Waals surface area contributed by atoms with Crippen molar-refractivity contribution in [3.63, 3.8) is 0 Å². The van der Waals surface area contributed by atoms with E-state index in [1.165, 1.54) is 13.3 Å². The smallest absolute Gasteiger partial charge is 0.222 e. The molecule has 2 aromatic heterocycles. The highest BCUT2D eigenvalue weighted by atomic mass is 35.5. The molecule has 0 aliphatic carbocycles. The van der Waals surface area contributed by atoms with Crippen molar-refractivity contribution in [1.82, 2.24) is 20.2 Å². The van der Waals surface area contributed by atoms with Crippen molar-refractivity contribution >= 4 is 46.3 Å². The van der Waals surface area contributed by atoms with Gasteiger partial charge in [-0.15, -0.1) is 0 Å². The molecule has 0 fully saturated rings. The van der Waals surface area contributed by atoms with Gasteiger partial charge in [-0.05, 0) is 24.6 Å². The number of anilines is 2. The third-order valence-corrected chi connectivity index (χ3v) is 5.09. The third kappa shape index (κ3) is 3.94. The number of carbonyl (C=O) groups is 1. The Morgan fingerprint density at radius 3 is 2.79 bits per heavy atom. The Balaban J connectivity index is 1.78. The van der Waals surface area contributed by atoms with Gasteiger partial charge in [0.25, 0.3) is 0 Å². The van der Waals surface area contributed by atoms with Crippen molar-refractivity contribution in [1.29, 1.82) is 0 Å². The molecule has 1 amide bonds. The van der Waals surface area contributed by atoms with Crippen LogP contribution in [-0.2, 0) is 4.79 Å². The lowest BCUT2D eigenvalue weighted by molar-refractivity contribution is -0.114. The number of hydrogen-bond donors (Lipinski definition) is 2. The van der Waals surface area contributed by atoms with Crippen LogP contribution in [0.1, 0.15) is 29.8 Å². The van der Waals surface area contributed by atoms with Gasteiger partial charge in [0.2, 0.25) is 5.91 Å². The zero-order valence-corrected chi connectivity index (χ0v) is 17.2. The number of H-pyrrole nitrogens is 1. The molecule has 8 nitrogen and oxygen atoms in total. The maximum atomic E-state index is 11.4. The average molecular weight is 430 g/mol. The summed E-state index contributed by atoms with van der Waals surface area (Å²) >= 11 is 12.5. The predicted octanol–water partition coefficient (Wildman–Crippen LogP) is 3.78. The number of amides is 1. The van der Waals surface area contributed by atoms with E-state index in [4.69, 9.17) is 28.3 Å². The lowest BCUT2D eigenvalue weighted by Crippen LogP contribution is -2.20. The van der Waals surface area contributed by atoms with Gasteiger partial charge in [0.05, 0.1) is 28.9 Å². The Kier molecular flexibility index (Phi) is 5.21. The van der Waals surface area contributed by atoms with Gasteiger partial charge in [-0.25, -0.2) is 9.97 Å². The fourth-order valence-corrected chi connectivity index (χ4v) is 3.73. The van der Waals surface area contributed by atoms with E-state index in [2.05, 4.69) is 25.5 Å². The molecule has 1 aromatic carbocycles. The molecule has 1 atom stereocenters. The second-order valence-electron chi connectivity index (χ2n) is 6.65. The lowest BCUT2D eigenvalue weighted by Gasteiger charge is -2.18. The van der Waals surface area contributed by atoms with Crippen LogP contribution >= 0.6 is 23.2 Å². The number of aromatic nitrogens is 4. The summed E-state index contributed by atoms with van der Waals surface area (Å²) in [4.78, 5) is 20.0. The van der Waals surface area contributed by atoms with Gasteiger partial charge in [0, 0.05) is 29.8 Å². The third-order valence-electron chi connectivity index (χ3n) is 4.54. The number of benzene rings is 1. The molecule has 1 aliphatic heterocycles. The molecule has 2 N–H and O–H groups in total. The average Bonchev–Trinajstić information content (AvgIpc) is 3.32. The molecule has 4 rings (SSSR count). The second-order valence-corrected chi connectivity index (χ2v) is 7.50. The second kappa shape index (κ2) is 7.81. The molecular weight excluding hydrogens is 413 g/mol. The van der Waals surface area contributed by atoms with Crippen LogP contribution in [0.15, 0.2) is 41.9 Å². The zero-order chi connectivity index (χ0) is 20.5. The molecule has 1 unspecified atom stereocenters. The van der Waals surface area contributed by atoms with E-state index in [9.17, 15) is 4.79 Å². The zero-order valence-electron chi connectivity index (χ0n) is 15.6. The van der Waals surface area contributed by atoms with Gasteiger partial charge in [-0.1, -0.05) is 29.3 Å². The number of rotatable bonds is 4. The van der Waals surface area contributed by atoms with Gasteiger partial charge in [-0.3, -0.25) is 14.9 Å². The summed E-state index contributed by atoms with van der Waals surface area (Å²) in [5.41, 5.74) is 3.27. The first-order chi connectivity index (χ1) is 13.9. The molecule has 3 aromatic rings. The van der Waals surface area contributed by atoms with Gasteiger partial charge in [0.1, 0.15) is 18.0 Å². The first-order valence-corrected chi connectivity index (χ1v) is 9.59. The molecule has 148 valence electrons. The van der Waals surface area contributed by atoms with Crippen LogP contribution in [0.3, 0.4) is 0 Å². The molecule has 0 saturated carbocycles. The Bertz CT molecular complexity index is 1100. The number of halogens is 2. The van der Waals surface area contributed by atoms with Gasteiger partial charge < -0.3 is 5.32 Å². The Labute approximate surface area is 177 Å². The number of carbonyl (C=O) groups excluding carboxylic acids is 1. The molecule has 1 aliphatic rings. The minimum Gasteiger partial charge on any atom is -0.311 e.